The van der Waals surface area contributed by atoms with Crippen molar-refractivity contribution >= 4 is 17.3 Å². The lowest BCUT2D eigenvalue weighted by atomic mass is 10.1. The smallest absolute Gasteiger partial charge is 0.120 e. The van der Waals surface area contributed by atoms with Gasteiger partial charge in [0.2, 0.25) is 0 Å². The molecule has 0 aliphatic rings. The average Bonchev–Trinajstić information content (AvgIpc) is 2.28. The van der Waals surface area contributed by atoms with E-state index in [0.29, 0.717) is 17.5 Å². The average molecular weight is 243 g/mol. The zero-order valence-electron chi connectivity index (χ0n) is 10.0. The second kappa shape index (κ2) is 5.97. The van der Waals surface area contributed by atoms with Gasteiger partial charge in [0.25, 0.3) is 0 Å². The summed E-state index contributed by atoms with van der Waals surface area (Å²) in [6.07, 6.45) is 0. The monoisotopic (exact) mass is 242 g/mol. The van der Waals surface area contributed by atoms with E-state index in [4.69, 9.17) is 22.1 Å². The molecule has 0 spiro atoms. The summed E-state index contributed by atoms with van der Waals surface area (Å²) < 4.78 is 5.11. The zero-order valence-corrected chi connectivity index (χ0v) is 10.8. The van der Waals surface area contributed by atoms with E-state index in [1.165, 1.54) is 0 Å². The van der Waals surface area contributed by atoms with Gasteiger partial charge in [-0.1, -0.05) is 18.5 Å². The maximum absolute atomic E-state index is 6.18. The van der Waals surface area contributed by atoms with Gasteiger partial charge in [0.1, 0.15) is 5.75 Å². The highest BCUT2D eigenvalue weighted by Crippen LogP contribution is 2.29. The van der Waals surface area contributed by atoms with E-state index in [2.05, 4.69) is 11.8 Å². The number of nitrogens with two attached hydrogens (primary N) is 1. The van der Waals surface area contributed by atoms with Crippen LogP contribution >= 0.6 is 11.6 Å². The molecule has 1 rings (SSSR count). The van der Waals surface area contributed by atoms with Crippen molar-refractivity contribution in [3.63, 3.8) is 0 Å². The summed E-state index contributed by atoms with van der Waals surface area (Å²) in [5.41, 5.74) is 6.61. The third-order valence-electron chi connectivity index (χ3n) is 2.55. The van der Waals surface area contributed by atoms with Crippen molar-refractivity contribution in [3.05, 3.63) is 23.2 Å². The van der Waals surface area contributed by atoms with Crippen LogP contribution in [0.3, 0.4) is 0 Å². The number of benzene rings is 1. The van der Waals surface area contributed by atoms with Gasteiger partial charge >= 0.3 is 0 Å². The molecule has 0 amide bonds. The molecule has 90 valence electrons. The minimum atomic E-state index is 0.447. The largest absolute Gasteiger partial charge is 0.497 e. The number of methoxy groups -OCH3 is 1. The SMILES string of the molecule is COc1ccc(N(C)CC(C)CN)c(Cl)c1. The normalized spacial score (nSPS) is 12.3. The highest BCUT2D eigenvalue weighted by atomic mass is 35.5. The van der Waals surface area contributed by atoms with Gasteiger partial charge in [0, 0.05) is 19.7 Å². The Labute approximate surface area is 102 Å². The first-order valence-corrected chi connectivity index (χ1v) is 5.71. The molecule has 0 bridgehead atoms. The lowest BCUT2D eigenvalue weighted by Crippen LogP contribution is -2.28. The molecule has 2 N–H and O–H groups in total. The Kier molecular flexibility index (Phi) is 4.90. The van der Waals surface area contributed by atoms with Crippen molar-refractivity contribution in [1.29, 1.82) is 0 Å². The number of hydrogen-bond donors (Lipinski definition) is 1. The summed E-state index contributed by atoms with van der Waals surface area (Å²) in [4.78, 5) is 2.11. The van der Waals surface area contributed by atoms with Crippen LogP contribution in [0.1, 0.15) is 6.92 Å². The van der Waals surface area contributed by atoms with Gasteiger partial charge in [-0.15, -0.1) is 0 Å². The first kappa shape index (κ1) is 13.1. The van der Waals surface area contributed by atoms with Crippen LogP contribution in [0.25, 0.3) is 0 Å². The Morgan fingerprint density at radius 1 is 1.50 bits per heavy atom. The van der Waals surface area contributed by atoms with Crippen LogP contribution in [0.2, 0.25) is 5.02 Å². The molecule has 1 unspecified atom stereocenters. The fourth-order valence-electron chi connectivity index (χ4n) is 1.56. The molecule has 1 atom stereocenters. The molecule has 0 saturated heterocycles. The summed E-state index contributed by atoms with van der Waals surface area (Å²) >= 11 is 6.18. The summed E-state index contributed by atoms with van der Waals surface area (Å²) in [6, 6.07) is 5.69. The fourth-order valence-corrected chi connectivity index (χ4v) is 1.88. The van der Waals surface area contributed by atoms with Crippen molar-refractivity contribution < 1.29 is 4.74 Å². The standard InChI is InChI=1S/C12H19ClN2O/c1-9(7-14)8-15(2)12-5-4-10(16-3)6-11(12)13/h4-6,9H,7-8,14H2,1-3H3. The molecule has 1 aromatic rings. The van der Waals surface area contributed by atoms with E-state index in [0.717, 1.165) is 18.0 Å². The van der Waals surface area contributed by atoms with Crippen LogP contribution in [0.5, 0.6) is 5.75 Å². The molecule has 0 radical (unpaired) electrons. The Morgan fingerprint density at radius 3 is 2.69 bits per heavy atom. The number of anilines is 1. The highest BCUT2D eigenvalue weighted by molar-refractivity contribution is 6.33. The topological polar surface area (TPSA) is 38.5 Å². The number of halogens is 1. The van der Waals surface area contributed by atoms with Gasteiger partial charge in [-0.25, -0.2) is 0 Å². The van der Waals surface area contributed by atoms with E-state index in [1.807, 2.05) is 25.2 Å². The van der Waals surface area contributed by atoms with Crippen molar-refractivity contribution in [3.8, 4) is 5.75 Å². The number of ether oxygens (including phenoxy) is 1. The van der Waals surface area contributed by atoms with E-state index >= 15 is 0 Å². The Hall–Kier alpha value is -0.930. The van der Waals surface area contributed by atoms with Gasteiger partial charge in [0.15, 0.2) is 0 Å². The molecule has 3 nitrogen and oxygen atoms in total. The minimum Gasteiger partial charge on any atom is -0.497 e. The summed E-state index contributed by atoms with van der Waals surface area (Å²) in [5, 5.41) is 0.700. The molecule has 0 saturated carbocycles. The van der Waals surface area contributed by atoms with Crippen LogP contribution in [0.4, 0.5) is 5.69 Å². The number of nitrogens with zero attached hydrogens (tertiary/aromatic N) is 1. The van der Waals surface area contributed by atoms with Crippen molar-refractivity contribution in [2.45, 2.75) is 6.92 Å². The molecule has 1 aromatic carbocycles. The molecular formula is C12H19ClN2O. The molecule has 16 heavy (non-hydrogen) atoms. The van der Waals surface area contributed by atoms with Crippen LogP contribution in [0, 0.1) is 5.92 Å². The first-order chi connectivity index (χ1) is 7.58. The third-order valence-corrected chi connectivity index (χ3v) is 2.86. The van der Waals surface area contributed by atoms with Crippen molar-refractivity contribution in [2.24, 2.45) is 11.7 Å². The van der Waals surface area contributed by atoms with E-state index in [9.17, 15) is 0 Å². The molecule has 4 heteroatoms. The Balaban J connectivity index is 2.79. The molecule has 0 aliphatic heterocycles. The Morgan fingerprint density at radius 2 is 2.19 bits per heavy atom. The molecular weight excluding hydrogens is 224 g/mol. The lowest BCUT2D eigenvalue weighted by molar-refractivity contribution is 0.415. The van der Waals surface area contributed by atoms with Gasteiger partial charge < -0.3 is 15.4 Å². The second-order valence-electron chi connectivity index (χ2n) is 4.04. The maximum atomic E-state index is 6.18. The van der Waals surface area contributed by atoms with Crippen LogP contribution in [-0.2, 0) is 0 Å². The first-order valence-electron chi connectivity index (χ1n) is 5.33. The second-order valence-corrected chi connectivity index (χ2v) is 4.45. The van der Waals surface area contributed by atoms with Crippen molar-refractivity contribution in [2.75, 3.05) is 32.1 Å². The lowest BCUT2D eigenvalue weighted by Gasteiger charge is -2.23. The third kappa shape index (κ3) is 3.29. The van der Waals surface area contributed by atoms with E-state index in [1.54, 1.807) is 7.11 Å². The molecule has 0 fully saturated rings. The molecule has 0 aromatic heterocycles. The van der Waals surface area contributed by atoms with Gasteiger partial charge in [-0.3, -0.25) is 0 Å². The fraction of sp³-hybridized carbons (Fsp3) is 0.500. The highest BCUT2D eigenvalue weighted by Gasteiger charge is 2.09. The van der Waals surface area contributed by atoms with Crippen LogP contribution < -0.4 is 15.4 Å². The summed E-state index contributed by atoms with van der Waals surface area (Å²) in [7, 11) is 3.64. The van der Waals surface area contributed by atoms with Crippen LogP contribution in [0.15, 0.2) is 18.2 Å². The number of hydrogen-bond acceptors (Lipinski definition) is 3. The van der Waals surface area contributed by atoms with Gasteiger partial charge in [-0.05, 0) is 24.6 Å². The molecule has 0 heterocycles. The van der Waals surface area contributed by atoms with Crippen LogP contribution in [-0.4, -0.2) is 27.2 Å². The van der Waals surface area contributed by atoms with Gasteiger partial charge in [0.05, 0.1) is 17.8 Å². The predicted molar refractivity (Wildman–Crippen MR) is 69.5 cm³/mol. The predicted octanol–water partition coefficient (Wildman–Crippen LogP) is 2.38. The van der Waals surface area contributed by atoms with Gasteiger partial charge in [-0.2, -0.15) is 0 Å². The Bertz CT molecular complexity index is 344. The zero-order chi connectivity index (χ0) is 12.1. The summed E-state index contributed by atoms with van der Waals surface area (Å²) in [6.45, 7) is 3.69. The molecule has 0 aliphatic carbocycles. The van der Waals surface area contributed by atoms with Crippen molar-refractivity contribution in [1.82, 2.24) is 0 Å². The van der Waals surface area contributed by atoms with E-state index in [-0.39, 0.29) is 0 Å². The van der Waals surface area contributed by atoms with E-state index < -0.39 is 0 Å². The number of rotatable bonds is 5. The summed E-state index contributed by atoms with van der Waals surface area (Å²) in [5.74, 6) is 1.22. The quantitative estimate of drug-likeness (QED) is 0.862. The maximum Gasteiger partial charge on any atom is 0.120 e. The minimum absolute atomic E-state index is 0.447.